The van der Waals surface area contributed by atoms with E-state index in [2.05, 4.69) is 56.3 Å². The molecular formula is C16H20BrN3. The molecule has 1 fully saturated rings. The average Bonchev–Trinajstić information content (AvgIpc) is 3.02. The standard InChI is InChI=1S/C16H20BrN3/c17-16(11-20-13-18-12-19-20,14-7-3-1-4-8-14)15-9-5-2-6-10-15/h1,3-4,7-8,12-13,15H,2,5-6,9-11H2. The van der Waals surface area contributed by atoms with Gasteiger partial charge in [-0.3, -0.25) is 4.68 Å². The molecule has 1 atom stereocenters. The Morgan fingerprint density at radius 3 is 2.55 bits per heavy atom. The highest BCUT2D eigenvalue weighted by Crippen LogP contribution is 2.46. The number of nitrogens with zero attached hydrogens (tertiary/aromatic N) is 3. The first kappa shape index (κ1) is 13.8. The van der Waals surface area contributed by atoms with Crippen molar-refractivity contribution in [3.8, 4) is 0 Å². The fourth-order valence-electron chi connectivity index (χ4n) is 3.28. The Morgan fingerprint density at radius 1 is 1.15 bits per heavy atom. The second kappa shape index (κ2) is 6.08. The summed E-state index contributed by atoms with van der Waals surface area (Å²) in [4.78, 5) is 4.08. The van der Waals surface area contributed by atoms with Crippen LogP contribution in [0.1, 0.15) is 37.7 Å². The van der Waals surface area contributed by atoms with Gasteiger partial charge in [0, 0.05) is 0 Å². The second-order valence-corrected chi connectivity index (χ2v) is 7.07. The molecule has 2 aromatic rings. The molecule has 1 aromatic heterocycles. The fraction of sp³-hybridized carbons (Fsp3) is 0.500. The van der Waals surface area contributed by atoms with Crippen molar-refractivity contribution in [3.05, 3.63) is 48.5 Å². The third-order valence-corrected chi connectivity index (χ3v) is 5.72. The van der Waals surface area contributed by atoms with Crippen molar-refractivity contribution in [1.29, 1.82) is 0 Å². The van der Waals surface area contributed by atoms with Crippen LogP contribution in [0.4, 0.5) is 0 Å². The van der Waals surface area contributed by atoms with Crippen LogP contribution in [0.2, 0.25) is 0 Å². The molecule has 1 saturated carbocycles. The lowest BCUT2D eigenvalue weighted by Crippen LogP contribution is -2.35. The summed E-state index contributed by atoms with van der Waals surface area (Å²) in [5.74, 6) is 0.655. The van der Waals surface area contributed by atoms with E-state index >= 15 is 0 Å². The maximum absolute atomic E-state index is 4.30. The molecule has 4 heteroatoms. The molecule has 20 heavy (non-hydrogen) atoms. The summed E-state index contributed by atoms with van der Waals surface area (Å²) in [6.07, 6.45) is 10.0. The number of aromatic nitrogens is 3. The molecule has 3 rings (SSSR count). The molecule has 0 N–H and O–H groups in total. The summed E-state index contributed by atoms with van der Waals surface area (Å²) < 4.78 is 1.90. The summed E-state index contributed by atoms with van der Waals surface area (Å²) >= 11 is 4.09. The maximum Gasteiger partial charge on any atom is 0.137 e. The first-order valence-corrected chi connectivity index (χ1v) is 8.15. The number of halogens is 1. The largest absolute Gasteiger partial charge is 0.251 e. The van der Waals surface area contributed by atoms with Crippen molar-refractivity contribution in [2.45, 2.75) is 43.0 Å². The number of hydrogen-bond acceptors (Lipinski definition) is 2. The monoisotopic (exact) mass is 333 g/mol. The molecule has 0 aliphatic heterocycles. The van der Waals surface area contributed by atoms with E-state index in [1.807, 2.05) is 11.0 Å². The van der Waals surface area contributed by atoms with Gasteiger partial charge in [0.05, 0.1) is 10.9 Å². The number of alkyl halides is 1. The highest BCUT2D eigenvalue weighted by Gasteiger charge is 2.39. The summed E-state index contributed by atoms with van der Waals surface area (Å²) in [5, 5.41) is 4.30. The van der Waals surface area contributed by atoms with Gasteiger partial charge in [-0.25, -0.2) is 4.98 Å². The van der Waals surface area contributed by atoms with Gasteiger partial charge in [0.2, 0.25) is 0 Å². The molecule has 1 aliphatic rings. The highest BCUT2D eigenvalue weighted by molar-refractivity contribution is 9.09. The van der Waals surface area contributed by atoms with Crippen LogP contribution in [0.5, 0.6) is 0 Å². The van der Waals surface area contributed by atoms with Crippen LogP contribution in [-0.2, 0) is 10.9 Å². The van der Waals surface area contributed by atoms with Gasteiger partial charge >= 0.3 is 0 Å². The Hall–Kier alpha value is -1.16. The van der Waals surface area contributed by atoms with Crippen LogP contribution < -0.4 is 0 Å². The van der Waals surface area contributed by atoms with Crippen molar-refractivity contribution >= 4 is 15.9 Å². The van der Waals surface area contributed by atoms with Gasteiger partial charge in [-0.2, -0.15) is 5.10 Å². The van der Waals surface area contributed by atoms with Gasteiger partial charge in [0.1, 0.15) is 12.7 Å². The van der Waals surface area contributed by atoms with Gasteiger partial charge in [0.15, 0.2) is 0 Å². The van der Waals surface area contributed by atoms with E-state index in [4.69, 9.17) is 0 Å². The Bertz CT molecular complexity index is 520. The smallest absolute Gasteiger partial charge is 0.137 e. The van der Waals surface area contributed by atoms with E-state index in [9.17, 15) is 0 Å². The molecule has 1 aliphatic carbocycles. The number of rotatable bonds is 4. The molecule has 0 amide bonds. The molecule has 1 aromatic carbocycles. The lowest BCUT2D eigenvalue weighted by atomic mass is 9.76. The summed E-state index contributed by atoms with van der Waals surface area (Å²) in [6.45, 7) is 0.835. The van der Waals surface area contributed by atoms with Crippen molar-refractivity contribution in [1.82, 2.24) is 14.8 Å². The average molecular weight is 334 g/mol. The minimum Gasteiger partial charge on any atom is -0.251 e. The van der Waals surface area contributed by atoms with Crippen LogP contribution >= 0.6 is 15.9 Å². The van der Waals surface area contributed by atoms with Crippen molar-refractivity contribution in [3.63, 3.8) is 0 Å². The van der Waals surface area contributed by atoms with Crippen molar-refractivity contribution in [2.24, 2.45) is 5.92 Å². The van der Waals surface area contributed by atoms with Gasteiger partial charge in [-0.1, -0.05) is 65.5 Å². The van der Waals surface area contributed by atoms with E-state index < -0.39 is 0 Å². The van der Waals surface area contributed by atoms with E-state index in [0.717, 1.165) is 6.54 Å². The molecule has 0 radical (unpaired) electrons. The lowest BCUT2D eigenvalue weighted by Gasteiger charge is -2.38. The minimum absolute atomic E-state index is 0.0393. The normalized spacial score (nSPS) is 19.6. The van der Waals surface area contributed by atoms with Crippen LogP contribution in [0.3, 0.4) is 0 Å². The van der Waals surface area contributed by atoms with Gasteiger partial charge in [-0.15, -0.1) is 0 Å². The zero-order valence-corrected chi connectivity index (χ0v) is 13.2. The second-order valence-electron chi connectivity index (χ2n) is 5.66. The van der Waals surface area contributed by atoms with Crippen LogP contribution in [0.15, 0.2) is 43.0 Å². The molecule has 106 valence electrons. The lowest BCUT2D eigenvalue weighted by molar-refractivity contribution is 0.257. The molecule has 3 nitrogen and oxygen atoms in total. The van der Waals surface area contributed by atoms with Crippen LogP contribution in [-0.4, -0.2) is 14.8 Å². The fourth-order valence-corrected chi connectivity index (χ4v) is 4.26. The third-order valence-electron chi connectivity index (χ3n) is 4.36. The third kappa shape index (κ3) is 2.80. The maximum atomic E-state index is 4.30. The Morgan fingerprint density at radius 2 is 1.90 bits per heavy atom. The first-order chi connectivity index (χ1) is 9.79. The quantitative estimate of drug-likeness (QED) is 0.787. The SMILES string of the molecule is BrC(Cn1cncn1)(c1ccccc1)C1CCCCC1. The van der Waals surface area contributed by atoms with Crippen LogP contribution in [0.25, 0.3) is 0 Å². The zero-order chi connectivity index (χ0) is 13.8. The predicted octanol–water partition coefficient (Wildman–Crippen LogP) is 4.15. The number of benzene rings is 1. The Kier molecular flexibility index (Phi) is 4.20. The van der Waals surface area contributed by atoms with Crippen molar-refractivity contribution in [2.75, 3.05) is 0 Å². The molecule has 1 unspecified atom stereocenters. The van der Waals surface area contributed by atoms with Gasteiger partial charge in [0.25, 0.3) is 0 Å². The van der Waals surface area contributed by atoms with Crippen molar-refractivity contribution < 1.29 is 0 Å². The zero-order valence-electron chi connectivity index (χ0n) is 11.6. The predicted molar refractivity (Wildman–Crippen MR) is 83.6 cm³/mol. The van der Waals surface area contributed by atoms with E-state index in [0.29, 0.717) is 5.92 Å². The Balaban J connectivity index is 1.93. The Labute approximate surface area is 128 Å². The topological polar surface area (TPSA) is 30.7 Å². The minimum atomic E-state index is -0.0393. The molecule has 0 bridgehead atoms. The highest BCUT2D eigenvalue weighted by atomic mass is 79.9. The summed E-state index contributed by atoms with van der Waals surface area (Å²) in [6, 6.07) is 10.8. The van der Waals surface area contributed by atoms with E-state index in [-0.39, 0.29) is 4.32 Å². The van der Waals surface area contributed by atoms with E-state index in [1.165, 1.54) is 37.7 Å². The molecule has 1 heterocycles. The summed E-state index contributed by atoms with van der Waals surface area (Å²) in [7, 11) is 0. The van der Waals surface area contributed by atoms with E-state index in [1.54, 1.807) is 6.33 Å². The van der Waals surface area contributed by atoms with Gasteiger partial charge < -0.3 is 0 Å². The molecule has 0 saturated heterocycles. The first-order valence-electron chi connectivity index (χ1n) is 7.36. The van der Waals surface area contributed by atoms with Crippen LogP contribution in [0, 0.1) is 5.92 Å². The molecular weight excluding hydrogens is 314 g/mol. The molecule has 0 spiro atoms. The summed E-state index contributed by atoms with van der Waals surface area (Å²) in [5.41, 5.74) is 1.35. The number of hydrogen-bond donors (Lipinski definition) is 0. The van der Waals surface area contributed by atoms with Gasteiger partial charge in [-0.05, 0) is 24.3 Å².